The van der Waals surface area contributed by atoms with Crippen molar-refractivity contribution in [1.29, 1.82) is 0 Å². The Bertz CT molecular complexity index is 833. The molecule has 0 radical (unpaired) electrons. The zero-order valence-corrected chi connectivity index (χ0v) is 23.1. The lowest BCUT2D eigenvalue weighted by atomic mass is 9.70. The minimum atomic E-state index is 0.427. The Morgan fingerprint density at radius 1 is 0.912 bits per heavy atom. The number of fused-ring (bicyclic) bond motifs is 1. The summed E-state index contributed by atoms with van der Waals surface area (Å²) in [7, 11) is 2.06. The quantitative estimate of drug-likeness (QED) is 0.321. The second kappa shape index (κ2) is 13.9. The third-order valence-electron chi connectivity index (χ3n) is 7.89. The van der Waals surface area contributed by atoms with E-state index in [9.17, 15) is 0 Å². The van der Waals surface area contributed by atoms with E-state index >= 15 is 0 Å². The molecule has 3 N–H and O–H groups in total. The predicted octanol–water partition coefficient (Wildman–Crippen LogP) is 6.12. The van der Waals surface area contributed by atoms with Crippen LogP contribution in [0.25, 0.3) is 10.8 Å². The molecule has 190 valence electrons. The smallest absolute Gasteiger partial charge is 0.0233 e. The van der Waals surface area contributed by atoms with Crippen molar-refractivity contribution >= 4 is 22.5 Å². The van der Waals surface area contributed by atoms with Crippen molar-refractivity contribution in [1.82, 2.24) is 16.0 Å². The largest absolute Gasteiger partial charge is 0.318 e. The maximum atomic E-state index is 3.97. The van der Waals surface area contributed by atoms with Gasteiger partial charge in [0, 0.05) is 25.2 Å². The fraction of sp³-hybridized carbons (Fsp3) is 0.667. The average molecular weight is 484 g/mol. The van der Waals surface area contributed by atoms with Crippen molar-refractivity contribution in [2.75, 3.05) is 38.7 Å². The van der Waals surface area contributed by atoms with Crippen LogP contribution in [0.4, 0.5) is 0 Å². The summed E-state index contributed by atoms with van der Waals surface area (Å²) in [5.41, 5.74) is 1.91. The Morgan fingerprint density at radius 3 is 2.35 bits per heavy atom. The molecule has 1 aliphatic rings. The molecule has 3 nitrogen and oxygen atoms in total. The lowest BCUT2D eigenvalue weighted by molar-refractivity contribution is 0.147. The molecule has 0 amide bonds. The van der Waals surface area contributed by atoms with Crippen LogP contribution in [0.15, 0.2) is 42.5 Å². The molecule has 0 heterocycles. The molecule has 0 aliphatic heterocycles. The third-order valence-corrected chi connectivity index (χ3v) is 8.53. The molecule has 2 atom stereocenters. The van der Waals surface area contributed by atoms with Crippen LogP contribution in [-0.2, 0) is 6.42 Å². The summed E-state index contributed by atoms with van der Waals surface area (Å²) < 4.78 is 0. The number of nitrogens with one attached hydrogen (secondary N) is 3. The van der Waals surface area contributed by atoms with E-state index in [-0.39, 0.29) is 0 Å². The Morgan fingerprint density at radius 2 is 1.65 bits per heavy atom. The molecule has 34 heavy (non-hydrogen) atoms. The van der Waals surface area contributed by atoms with Crippen LogP contribution in [-0.4, -0.2) is 50.8 Å². The van der Waals surface area contributed by atoms with Crippen molar-refractivity contribution in [3.8, 4) is 0 Å². The van der Waals surface area contributed by atoms with Crippen LogP contribution in [0.3, 0.4) is 0 Å². The summed E-state index contributed by atoms with van der Waals surface area (Å²) in [6.45, 7) is 10.4. The number of rotatable bonds is 13. The van der Waals surface area contributed by atoms with Gasteiger partial charge < -0.3 is 16.0 Å². The monoisotopic (exact) mass is 483 g/mol. The Kier molecular flexibility index (Phi) is 11.2. The summed E-state index contributed by atoms with van der Waals surface area (Å²) in [4.78, 5) is 0. The number of thioether (sulfide) groups is 1. The fourth-order valence-electron chi connectivity index (χ4n) is 5.61. The molecule has 1 aliphatic carbocycles. The molecule has 0 saturated heterocycles. The Hall–Kier alpha value is -1.07. The highest BCUT2D eigenvalue weighted by atomic mass is 32.2. The summed E-state index contributed by atoms with van der Waals surface area (Å²) in [5.74, 6) is 2.96. The molecule has 2 aromatic rings. The second-order valence-electron chi connectivity index (χ2n) is 11.5. The molecule has 0 unspecified atom stereocenters. The predicted molar refractivity (Wildman–Crippen MR) is 153 cm³/mol. The van der Waals surface area contributed by atoms with Crippen LogP contribution in [0.1, 0.15) is 58.4 Å². The van der Waals surface area contributed by atoms with Crippen molar-refractivity contribution in [2.24, 2.45) is 17.3 Å². The first kappa shape index (κ1) is 27.5. The van der Waals surface area contributed by atoms with E-state index in [1.54, 1.807) is 0 Å². The van der Waals surface area contributed by atoms with Crippen LogP contribution in [0, 0.1) is 17.3 Å². The van der Waals surface area contributed by atoms with Crippen molar-refractivity contribution < 1.29 is 0 Å². The lowest BCUT2D eigenvalue weighted by Gasteiger charge is -2.37. The maximum Gasteiger partial charge on any atom is 0.0233 e. The van der Waals surface area contributed by atoms with E-state index in [0.29, 0.717) is 17.5 Å². The van der Waals surface area contributed by atoms with Crippen molar-refractivity contribution in [2.45, 2.75) is 71.4 Å². The number of hydrogen-bond acceptors (Lipinski definition) is 4. The van der Waals surface area contributed by atoms with Crippen molar-refractivity contribution in [3.63, 3.8) is 0 Å². The third kappa shape index (κ3) is 8.55. The van der Waals surface area contributed by atoms with Crippen LogP contribution < -0.4 is 16.0 Å². The minimum Gasteiger partial charge on any atom is -0.318 e. The first-order chi connectivity index (χ1) is 16.4. The topological polar surface area (TPSA) is 36.1 Å². The van der Waals surface area contributed by atoms with Gasteiger partial charge in [-0.25, -0.2) is 0 Å². The molecule has 0 bridgehead atoms. The van der Waals surface area contributed by atoms with Gasteiger partial charge >= 0.3 is 0 Å². The van der Waals surface area contributed by atoms with Crippen LogP contribution >= 0.6 is 11.8 Å². The number of likely N-dealkylation sites (N-methyl/N-ethyl adjacent to an activating group) is 1. The van der Waals surface area contributed by atoms with Crippen molar-refractivity contribution in [3.05, 3.63) is 48.0 Å². The van der Waals surface area contributed by atoms with Gasteiger partial charge in [-0.15, -0.1) is 0 Å². The van der Waals surface area contributed by atoms with E-state index in [2.05, 4.69) is 92.5 Å². The SMILES string of the molecule is CNC[C@H](Cc1cccc2ccccc12)NC[C@H](CCSC)NCC1CCC(C(C)(C)C)CC1. The van der Waals surface area contributed by atoms with E-state index in [1.807, 2.05) is 11.8 Å². The number of hydrogen-bond donors (Lipinski definition) is 3. The molecule has 2 aromatic carbocycles. The van der Waals surface area contributed by atoms with E-state index in [1.165, 1.54) is 60.7 Å². The molecule has 0 aromatic heterocycles. The highest BCUT2D eigenvalue weighted by Crippen LogP contribution is 2.39. The van der Waals surface area contributed by atoms with Gasteiger partial charge in [-0.05, 0) is 97.7 Å². The summed E-state index contributed by atoms with van der Waals surface area (Å²) in [6.07, 6.45) is 10.1. The average Bonchev–Trinajstić information content (AvgIpc) is 2.83. The fourth-order valence-corrected chi connectivity index (χ4v) is 6.13. The molecular formula is C30H49N3S. The first-order valence-electron chi connectivity index (χ1n) is 13.5. The molecule has 4 heteroatoms. The van der Waals surface area contributed by atoms with Gasteiger partial charge in [0.05, 0.1) is 0 Å². The molecular weight excluding hydrogens is 434 g/mol. The van der Waals surface area contributed by atoms with Gasteiger partial charge in [-0.3, -0.25) is 0 Å². The van der Waals surface area contributed by atoms with Crippen LogP contribution in [0.2, 0.25) is 0 Å². The van der Waals surface area contributed by atoms with Gasteiger partial charge in [-0.1, -0.05) is 63.2 Å². The van der Waals surface area contributed by atoms with Gasteiger partial charge in [0.1, 0.15) is 0 Å². The van der Waals surface area contributed by atoms with Gasteiger partial charge in [0.2, 0.25) is 0 Å². The highest BCUT2D eigenvalue weighted by molar-refractivity contribution is 7.98. The summed E-state index contributed by atoms with van der Waals surface area (Å²) in [5, 5.41) is 14.0. The lowest BCUT2D eigenvalue weighted by Crippen LogP contribution is -2.47. The summed E-state index contributed by atoms with van der Waals surface area (Å²) >= 11 is 1.96. The molecule has 3 rings (SSSR count). The van der Waals surface area contributed by atoms with E-state index in [4.69, 9.17) is 0 Å². The maximum absolute atomic E-state index is 3.97. The Labute approximate surface area is 213 Å². The summed E-state index contributed by atoms with van der Waals surface area (Å²) in [6, 6.07) is 16.5. The highest BCUT2D eigenvalue weighted by Gasteiger charge is 2.29. The normalized spacial score (nSPS) is 21.0. The van der Waals surface area contributed by atoms with Gasteiger partial charge in [-0.2, -0.15) is 11.8 Å². The molecule has 1 saturated carbocycles. The molecule has 0 spiro atoms. The van der Waals surface area contributed by atoms with E-state index < -0.39 is 0 Å². The van der Waals surface area contributed by atoms with Gasteiger partial charge in [0.25, 0.3) is 0 Å². The Balaban J connectivity index is 1.53. The van der Waals surface area contributed by atoms with Gasteiger partial charge in [0.15, 0.2) is 0 Å². The zero-order valence-electron chi connectivity index (χ0n) is 22.3. The number of benzene rings is 2. The minimum absolute atomic E-state index is 0.427. The first-order valence-corrected chi connectivity index (χ1v) is 14.9. The van der Waals surface area contributed by atoms with E-state index in [0.717, 1.165) is 31.3 Å². The zero-order chi connectivity index (χ0) is 24.4. The standard InChI is InChI=1S/C30H49N3S/c1-30(2,3)26-15-13-23(14-16-26)20-32-27(17-18-34-5)22-33-28(21-31-4)19-25-11-8-10-24-9-6-7-12-29(24)25/h6-12,23,26-28,31-33H,13-22H2,1-5H3/t23?,26?,27-,28-/m0/s1. The second-order valence-corrected chi connectivity index (χ2v) is 12.5. The van der Waals surface area contributed by atoms with Crippen LogP contribution in [0.5, 0.6) is 0 Å². The molecule has 1 fully saturated rings.